The van der Waals surface area contributed by atoms with E-state index in [0.29, 0.717) is 13.2 Å². The summed E-state index contributed by atoms with van der Waals surface area (Å²) in [5, 5.41) is 3.23. The Morgan fingerprint density at radius 2 is 1.56 bits per heavy atom. The number of benzene rings is 1. The third-order valence-electron chi connectivity index (χ3n) is 2.87. The Morgan fingerprint density at radius 3 is 2.00 bits per heavy atom. The first-order chi connectivity index (χ1) is 8.59. The van der Waals surface area contributed by atoms with Crippen LogP contribution in [0.3, 0.4) is 0 Å². The minimum atomic E-state index is -3.62. The molecular formula is C12H18NO4P. The first kappa shape index (κ1) is 12.3. The molecule has 1 aromatic carbocycles. The van der Waals surface area contributed by atoms with Crippen LogP contribution in [0, 0.1) is 0 Å². The second kappa shape index (κ2) is 4.15. The van der Waals surface area contributed by atoms with Gasteiger partial charge in [0.05, 0.1) is 0 Å². The van der Waals surface area contributed by atoms with Gasteiger partial charge >= 0.3 is 106 Å². The van der Waals surface area contributed by atoms with Gasteiger partial charge in [-0.15, -0.1) is 0 Å². The number of anilines is 1. The molecule has 1 spiro atoms. The van der Waals surface area contributed by atoms with E-state index in [4.69, 9.17) is 18.1 Å². The summed E-state index contributed by atoms with van der Waals surface area (Å²) in [5.74, 6) is 0. The van der Waals surface area contributed by atoms with Crippen LogP contribution in [0.5, 0.6) is 0 Å². The van der Waals surface area contributed by atoms with E-state index in [1.54, 1.807) is 0 Å². The Hall–Kier alpha value is -0.710. The molecule has 0 aromatic heterocycles. The summed E-state index contributed by atoms with van der Waals surface area (Å²) < 4.78 is 23.5. The first-order valence-corrected chi connectivity index (χ1v) is 8.04. The molecule has 2 saturated heterocycles. The molecule has 2 heterocycles. The molecule has 0 amide bonds. The maximum absolute atomic E-state index is 5.92. The quantitative estimate of drug-likeness (QED) is 0.837. The Bertz CT molecular complexity index is 421. The molecule has 3 rings (SSSR count). The summed E-state index contributed by atoms with van der Waals surface area (Å²) in [7, 11) is -3.62. The SMILES string of the molecule is CC1COP2(Nc3ccccc3)(OCC(C)O2)O1. The average Bonchev–Trinajstić information content (AvgIpc) is 2.83. The van der Waals surface area contributed by atoms with Crippen LogP contribution in [0.15, 0.2) is 30.3 Å². The zero-order valence-electron chi connectivity index (χ0n) is 10.5. The summed E-state index contributed by atoms with van der Waals surface area (Å²) in [6, 6.07) is 9.71. The molecule has 6 heteroatoms. The molecule has 5 nitrogen and oxygen atoms in total. The van der Waals surface area contributed by atoms with Gasteiger partial charge in [-0.05, 0) is 0 Å². The number of hydrogen-bond donors (Lipinski definition) is 1. The van der Waals surface area contributed by atoms with Crippen molar-refractivity contribution >= 4 is 13.3 Å². The van der Waals surface area contributed by atoms with Crippen LogP contribution in [-0.2, 0) is 18.1 Å². The Labute approximate surface area is 107 Å². The van der Waals surface area contributed by atoms with Gasteiger partial charge in [0, 0.05) is 0 Å². The van der Waals surface area contributed by atoms with Crippen molar-refractivity contribution in [3.63, 3.8) is 0 Å². The molecule has 2 unspecified atom stereocenters. The summed E-state index contributed by atoms with van der Waals surface area (Å²) in [4.78, 5) is 0. The number of hydrogen-bond acceptors (Lipinski definition) is 5. The van der Waals surface area contributed by atoms with Crippen molar-refractivity contribution in [2.24, 2.45) is 0 Å². The van der Waals surface area contributed by atoms with Crippen LogP contribution in [-0.4, -0.2) is 25.4 Å². The minimum absolute atomic E-state index is 0.0378. The van der Waals surface area contributed by atoms with E-state index in [9.17, 15) is 0 Å². The molecule has 1 aromatic rings. The van der Waals surface area contributed by atoms with Crippen LogP contribution < -0.4 is 5.09 Å². The monoisotopic (exact) mass is 271 g/mol. The first-order valence-electron chi connectivity index (χ1n) is 6.13. The molecule has 2 atom stereocenters. The summed E-state index contributed by atoms with van der Waals surface area (Å²) in [5.41, 5.74) is 0.873. The van der Waals surface area contributed by atoms with Crippen molar-refractivity contribution in [3.05, 3.63) is 30.3 Å². The maximum atomic E-state index is 5.92. The zero-order chi connectivity index (χ0) is 12.7. The van der Waals surface area contributed by atoms with E-state index in [0.717, 1.165) is 5.69 Å². The molecule has 0 bridgehead atoms. The van der Waals surface area contributed by atoms with E-state index >= 15 is 0 Å². The van der Waals surface area contributed by atoms with Gasteiger partial charge in [-0.1, -0.05) is 0 Å². The van der Waals surface area contributed by atoms with E-state index in [-0.39, 0.29) is 12.2 Å². The van der Waals surface area contributed by atoms with E-state index < -0.39 is 7.66 Å². The molecule has 100 valence electrons. The van der Waals surface area contributed by atoms with E-state index in [2.05, 4.69) is 5.09 Å². The second-order valence-electron chi connectivity index (χ2n) is 4.71. The molecular weight excluding hydrogens is 253 g/mol. The molecule has 1 N–H and O–H groups in total. The Balaban J connectivity index is 1.92. The summed E-state index contributed by atoms with van der Waals surface area (Å²) in [6.45, 7) is 4.85. The fourth-order valence-corrected chi connectivity index (χ4v) is 5.64. The molecule has 0 aliphatic carbocycles. The zero-order valence-corrected chi connectivity index (χ0v) is 11.4. The predicted octanol–water partition coefficient (Wildman–Crippen LogP) is 3.10. The molecule has 0 saturated carbocycles. The van der Waals surface area contributed by atoms with Crippen LogP contribution in [0.2, 0.25) is 0 Å². The van der Waals surface area contributed by atoms with Crippen LogP contribution in [0.1, 0.15) is 13.8 Å². The number of rotatable bonds is 2. The normalized spacial score (nSPS) is 35.1. The topological polar surface area (TPSA) is 49.0 Å². The average molecular weight is 271 g/mol. The van der Waals surface area contributed by atoms with Gasteiger partial charge in [0.15, 0.2) is 0 Å². The third kappa shape index (κ3) is 2.02. The standard InChI is InChI=1S/C12H18NO4P/c1-10-8-14-18(16-10,15-9-11(2)17-18)13-12-6-4-3-5-7-12/h3-7,10-11,13H,8-9H2,1-2H3. The molecule has 2 fully saturated rings. The van der Waals surface area contributed by atoms with Gasteiger partial charge in [0.2, 0.25) is 0 Å². The van der Waals surface area contributed by atoms with Gasteiger partial charge < -0.3 is 0 Å². The van der Waals surface area contributed by atoms with E-state index in [1.807, 2.05) is 44.2 Å². The third-order valence-corrected chi connectivity index (χ3v) is 6.13. The van der Waals surface area contributed by atoms with Crippen molar-refractivity contribution in [2.45, 2.75) is 26.1 Å². The summed E-state index contributed by atoms with van der Waals surface area (Å²) >= 11 is 0. The molecule has 0 radical (unpaired) electrons. The van der Waals surface area contributed by atoms with Gasteiger partial charge in [-0.25, -0.2) is 0 Å². The van der Waals surface area contributed by atoms with Gasteiger partial charge in [0.25, 0.3) is 0 Å². The fraction of sp³-hybridized carbons (Fsp3) is 0.500. The fourth-order valence-electron chi connectivity index (χ4n) is 2.17. The van der Waals surface area contributed by atoms with Crippen LogP contribution >= 0.6 is 7.66 Å². The van der Waals surface area contributed by atoms with Crippen molar-refractivity contribution in [2.75, 3.05) is 18.3 Å². The van der Waals surface area contributed by atoms with Crippen LogP contribution in [0.4, 0.5) is 5.69 Å². The van der Waals surface area contributed by atoms with Gasteiger partial charge in [-0.2, -0.15) is 0 Å². The second-order valence-corrected chi connectivity index (χ2v) is 7.50. The van der Waals surface area contributed by atoms with Crippen molar-refractivity contribution in [1.29, 1.82) is 0 Å². The molecule has 2 aliphatic rings. The number of nitrogens with one attached hydrogen (secondary N) is 1. The van der Waals surface area contributed by atoms with E-state index in [1.165, 1.54) is 0 Å². The predicted molar refractivity (Wildman–Crippen MR) is 70.0 cm³/mol. The van der Waals surface area contributed by atoms with Crippen molar-refractivity contribution in [3.8, 4) is 0 Å². The van der Waals surface area contributed by atoms with Gasteiger partial charge in [0.1, 0.15) is 0 Å². The molecule has 18 heavy (non-hydrogen) atoms. The summed E-state index contributed by atoms with van der Waals surface area (Å²) in [6.07, 6.45) is -0.0756. The Kier molecular flexibility index (Phi) is 2.84. The Morgan fingerprint density at radius 1 is 1.00 bits per heavy atom. The van der Waals surface area contributed by atoms with Crippen LogP contribution in [0.25, 0.3) is 0 Å². The molecule has 2 aliphatic heterocycles. The van der Waals surface area contributed by atoms with Crippen molar-refractivity contribution in [1.82, 2.24) is 0 Å². The van der Waals surface area contributed by atoms with Gasteiger partial charge in [-0.3, -0.25) is 0 Å². The van der Waals surface area contributed by atoms with Crippen molar-refractivity contribution < 1.29 is 18.1 Å². The number of para-hydroxylation sites is 1.